The van der Waals surface area contributed by atoms with Crippen LogP contribution >= 0.6 is 0 Å². The van der Waals surface area contributed by atoms with Gasteiger partial charge in [-0.25, -0.2) is 0 Å². The standard InChI is InChI=1S/C31H43NO3/c1-20(18-22-8-6-5-7-9-22)32-29(34)28-13-12-26-25-11-10-23-19-24(35-21(2)33)14-16-30(23,3)27(25)15-17-31(26,28)4/h5-10,20,24-28H,11-19H2,1-4H3,(H,32,34)/t20-,24+,25+,26+,27+,28-,30+,31+/m1/s1. The van der Waals surface area contributed by atoms with E-state index in [9.17, 15) is 9.59 Å². The summed E-state index contributed by atoms with van der Waals surface area (Å²) in [7, 11) is 0. The molecule has 35 heavy (non-hydrogen) atoms. The zero-order valence-corrected chi connectivity index (χ0v) is 22.0. The van der Waals surface area contributed by atoms with Gasteiger partial charge in [0.15, 0.2) is 0 Å². The first kappa shape index (κ1) is 24.6. The van der Waals surface area contributed by atoms with Gasteiger partial charge in [0.25, 0.3) is 0 Å². The van der Waals surface area contributed by atoms with Gasteiger partial charge in [-0.15, -0.1) is 0 Å². The summed E-state index contributed by atoms with van der Waals surface area (Å²) in [6.07, 6.45) is 12.1. The van der Waals surface area contributed by atoms with Gasteiger partial charge in [-0.3, -0.25) is 9.59 Å². The minimum atomic E-state index is -0.158. The van der Waals surface area contributed by atoms with Gasteiger partial charge in [0.05, 0.1) is 0 Å². The highest BCUT2D eigenvalue weighted by atomic mass is 16.5. The topological polar surface area (TPSA) is 55.4 Å². The van der Waals surface area contributed by atoms with Gasteiger partial charge >= 0.3 is 5.97 Å². The number of benzene rings is 1. The summed E-state index contributed by atoms with van der Waals surface area (Å²) < 4.78 is 5.59. The molecule has 8 atom stereocenters. The maximum absolute atomic E-state index is 13.5. The highest BCUT2D eigenvalue weighted by Crippen LogP contribution is 2.66. The summed E-state index contributed by atoms with van der Waals surface area (Å²) in [6.45, 7) is 8.56. The second-order valence-electron chi connectivity index (χ2n) is 12.5. The fourth-order valence-electron chi connectivity index (χ4n) is 8.76. The predicted octanol–water partition coefficient (Wildman–Crippen LogP) is 6.24. The summed E-state index contributed by atoms with van der Waals surface area (Å²) in [4.78, 5) is 25.0. The quantitative estimate of drug-likeness (QED) is 0.403. The van der Waals surface area contributed by atoms with E-state index in [1.807, 2.05) is 6.07 Å². The van der Waals surface area contributed by atoms with Crippen LogP contribution in [0.25, 0.3) is 0 Å². The number of allylic oxidation sites excluding steroid dienone is 1. The van der Waals surface area contributed by atoms with E-state index in [2.05, 4.69) is 56.4 Å². The van der Waals surface area contributed by atoms with Gasteiger partial charge in [0, 0.05) is 25.3 Å². The van der Waals surface area contributed by atoms with E-state index in [0.717, 1.165) is 44.9 Å². The molecule has 0 saturated heterocycles. The van der Waals surface area contributed by atoms with Gasteiger partial charge in [0.2, 0.25) is 5.91 Å². The van der Waals surface area contributed by atoms with E-state index in [1.165, 1.54) is 30.9 Å². The molecule has 3 saturated carbocycles. The third kappa shape index (κ3) is 4.47. The van der Waals surface area contributed by atoms with Gasteiger partial charge in [-0.1, -0.05) is 55.8 Å². The van der Waals surface area contributed by atoms with Gasteiger partial charge in [-0.05, 0) is 92.4 Å². The lowest BCUT2D eigenvalue weighted by Crippen LogP contribution is -2.52. The number of amides is 1. The van der Waals surface area contributed by atoms with E-state index in [-0.39, 0.29) is 40.8 Å². The summed E-state index contributed by atoms with van der Waals surface area (Å²) in [6, 6.07) is 10.6. The number of nitrogens with one attached hydrogen (secondary N) is 1. The number of carbonyl (C=O) groups is 2. The number of rotatable bonds is 5. The Kier molecular flexibility index (Phi) is 6.61. The second kappa shape index (κ2) is 9.41. The second-order valence-corrected chi connectivity index (χ2v) is 12.5. The molecule has 0 spiro atoms. The van der Waals surface area contributed by atoms with Gasteiger partial charge in [0.1, 0.15) is 6.10 Å². The molecule has 1 N–H and O–H groups in total. The lowest BCUT2D eigenvalue weighted by atomic mass is 9.47. The van der Waals surface area contributed by atoms with Gasteiger partial charge in [-0.2, -0.15) is 0 Å². The van der Waals surface area contributed by atoms with Crippen LogP contribution in [0.3, 0.4) is 0 Å². The fraction of sp³-hybridized carbons (Fsp3) is 0.677. The van der Waals surface area contributed by atoms with Crippen molar-refractivity contribution in [2.45, 2.75) is 97.6 Å². The van der Waals surface area contributed by atoms with Crippen LogP contribution in [0.1, 0.15) is 84.6 Å². The van der Waals surface area contributed by atoms with Crippen LogP contribution in [0.2, 0.25) is 0 Å². The molecule has 0 unspecified atom stereocenters. The normalized spacial score (nSPS) is 38.9. The van der Waals surface area contributed by atoms with Crippen LogP contribution in [-0.4, -0.2) is 24.0 Å². The lowest BCUT2D eigenvalue weighted by Gasteiger charge is -2.58. The summed E-state index contributed by atoms with van der Waals surface area (Å²) >= 11 is 0. The Morgan fingerprint density at radius 3 is 2.57 bits per heavy atom. The van der Waals surface area contributed by atoms with E-state index in [0.29, 0.717) is 17.8 Å². The molecule has 1 aromatic carbocycles. The Labute approximate surface area is 211 Å². The maximum Gasteiger partial charge on any atom is 0.302 e. The summed E-state index contributed by atoms with van der Waals surface area (Å²) in [5.41, 5.74) is 3.14. The average molecular weight is 478 g/mol. The Morgan fingerprint density at radius 2 is 1.83 bits per heavy atom. The van der Waals surface area contributed by atoms with E-state index in [1.54, 1.807) is 0 Å². The average Bonchev–Trinajstić information content (AvgIpc) is 3.17. The molecule has 0 bridgehead atoms. The molecule has 0 radical (unpaired) electrons. The van der Waals surface area contributed by atoms with Crippen LogP contribution < -0.4 is 5.32 Å². The maximum atomic E-state index is 13.5. The smallest absolute Gasteiger partial charge is 0.302 e. The SMILES string of the molecule is CC(=O)O[C@H]1CC[C@@]2(C)C(=CC[C@H]3[C@@H]4CC[C@H](C(=O)N[C@H](C)Cc5ccccc5)[C@@]4(C)CC[C@@H]32)C1. The lowest BCUT2D eigenvalue weighted by molar-refractivity contribution is -0.149. The molecule has 4 nitrogen and oxygen atoms in total. The van der Waals surface area contributed by atoms with Crippen molar-refractivity contribution >= 4 is 11.9 Å². The van der Waals surface area contributed by atoms with Crippen molar-refractivity contribution in [3.63, 3.8) is 0 Å². The Hall–Kier alpha value is -2.10. The molecule has 4 heteroatoms. The number of hydrogen-bond acceptors (Lipinski definition) is 3. The van der Waals surface area contributed by atoms with Crippen LogP contribution in [0.5, 0.6) is 0 Å². The molecule has 5 rings (SSSR count). The van der Waals surface area contributed by atoms with Crippen molar-refractivity contribution in [2.24, 2.45) is 34.5 Å². The molecule has 4 aliphatic carbocycles. The van der Waals surface area contributed by atoms with Crippen molar-refractivity contribution < 1.29 is 14.3 Å². The summed E-state index contributed by atoms with van der Waals surface area (Å²) in [5.74, 6) is 2.24. The predicted molar refractivity (Wildman–Crippen MR) is 138 cm³/mol. The summed E-state index contributed by atoms with van der Waals surface area (Å²) in [5, 5.41) is 3.38. The Balaban J connectivity index is 1.27. The first-order chi connectivity index (χ1) is 16.7. The first-order valence-corrected chi connectivity index (χ1v) is 13.9. The van der Waals surface area contributed by atoms with Gasteiger partial charge < -0.3 is 10.1 Å². The Morgan fingerprint density at radius 1 is 1.06 bits per heavy atom. The highest BCUT2D eigenvalue weighted by Gasteiger charge is 2.60. The molecule has 3 fully saturated rings. The van der Waals surface area contributed by atoms with Crippen LogP contribution in [0.4, 0.5) is 0 Å². The minimum absolute atomic E-state index is 0.0506. The van der Waals surface area contributed by atoms with Crippen molar-refractivity contribution in [3.05, 3.63) is 47.5 Å². The van der Waals surface area contributed by atoms with Crippen molar-refractivity contribution in [3.8, 4) is 0 Å². The zero-order valence-electron chi connectivity index (χ0n) is 22.0. The van der Waals surface area contributed by atoms with E-state index >= 15 is 0 Å². The molecular formula is C31H43NO3. The molecule has 0 aliphatic heterocycles. The number of ether oxygens (including phenoxy) is 1. The van der Waals surface area contributed by atoms with Crippen LogP contribution in [-0.2, 0) is 20.7 Å². The minimum Gasteiger partial charge on any atom is -0.462 e. The fourth-order valence-corrected chi connectivity index (χ4v) is 8.76. The highest BCUT2D eigenvalue weighted by molar-refractivity contribution is 5.80. The number of fused-ring (bicyclic) bond motifs is 5. The molecule has 4 aliphatic rings. The van der Waals surface area contributed by atoms with Crippen LogP contribution in [0, 0.1) is 34.5 Å². The monoisotopic (exact) mass is 477 g/mol. The van der Waals surface area contributed by atoms with Crippen molar-refractivity contribution in [2.75, 3.05) is 0 Å². The largest absolute Gasteiger partial charge is 0.462 e. The molecule has 1 amide bonds. The van der Waals surface area contributed by atoms with Crippen LogP contribution in [0.15, 0.2) is 42.0 Å². The third-order valence-corrected chi connectivity index (χ3v) is 10.5. The van der Waals surface area contributed by atoms with Crippen molar-refractivity contribution in [1.82, 2.24) is 5.32 Å². The van der Waals surface area contributed by atoms with Crippen molar-refractivity contribution in [1.29, 1.82) is 0 Å². The molecule has 0 heterocycles. The zero-order chi connectivity index (χ0) is 24.8. The molecule has 1 aromatic rings. The number of esters is 1. The molecule has 190 valence electrons. The Bertz CT molecular complexity index is 986. The number of carbonyl (C=O) groups excluding carboxylic acids is 2. The first-order valence-electron chi connectivity index (χ1n) is 13.9. The van der Waals surface area contributed by atoms with E-state index < -0.39 is 0 Å². The third-order valence-electron chi connectivity index (χ3n) is 10.5. The molecule has 0 aromatic heterocycles. The van der Waals surface area contributed by atoms with E-state index in [4.69, 9.17) is 4.74 Å². The molecular weight excluding hydrogens is 434 g/mol. The number of hydrogen-bond donors (Lipinski definition) is 1.